The number of aromatic hydroxyl groups is 1. The summed E-state index contributed by atoms with van der Waals surface area (Å²) in [6.45, 7) is 3.18. The van der Waals surface area contributed by atoms with Crippen molar-refractivity contribution in [1.82, 2.24) is 0 Å². The van der Waals surface area contributed by atoms with Crippen LogP contribution in [0.2, 0.25) is 0 Å². The molecule has 0 bridgehead atoms. The van der Waals surface area contributed by atoms with Gasteiger partial charge in [0.25, 0.3) is 10.9 Å². The molecule has 2 aromatic rings. The zero-order chi connectivity index (χ0) is 22.9. The average molecular weight is 437 g/mol. The highest BCUT2D eigenvalue weighted by Gasteiger charge is 2.45. The first kappa shape index (κ1) is 22.7. The molecular weight excluding hydrogens is 414 g/mol. The third kappa shape index (κ3) is 4.69. The molecular formula is C20H23NO10. The van der Waals surface area contributed by atoms with Crippen molar-refractivity contribution in [3.05, 3.63) is 50.3 Å². The van der Waals surface area contributed by atoms with E-state index in [0.29, 0.717) is 0 Å². The highest BCUT2D eigenvalue weighted by molar-refractivity contribution is 5.89. The summed E-state index contributed by atoms with van der Waals surface area (Å²) in [5.41, 5.74) is -1.96. The number of carbonyl (C=O) groups is 1. The van der Waals surface area contributed by atoms with Gasteiger partial charge in [-0.05, 0) is 38.1 Å². The standard InChI is InChI=1S/C20H23NO10/c1-8(2)29-19(28)9-3-5-10(6-4-9)30-20-18(27)16(25)13(22)11(31-20)7-21-12-14(23)17(26)15(12)24/h3-6,8,11,13,16,18,20-23,25,27H,7H2,1-2H3/t11?,13-,16?,18?,20+/m1/s1. The smallest absolute Gasteiger partial charge is 0.338 e. The number of carbonyl (C=O) groups excluding carboxylic acids is 1. The van der Waals surface area contributed by atoms with Gasteiger partial charge in [-0.3, -0.25) is 9.59 Å². The summed E-state index contributed by atoms with van der Waals surface area (Å²) in [7, 11) is 0. The normalized spacial score (nSPS) is 26.1. The van der Waals surface area contributed by atoms with E-state index in [1.807, 2.05) is 0 Å². The molecule has 11 nitrogen and oxygen atoms in total. The number of benzene rings is 1. The van der Waals surface area contributed by atoms with E-state index in [2.05, 4.69) is 5.32 Å². The predicted octanol–water partition coefficient (Wildman–Crippen LogP) is -1.15. The van der Waals surface area contributed by atoms with Crippen LogP contribution in [0.4, 0.5) is 5.69 Å². The molecule has 3 unspecified atom stereocenters. The molecule has 5 atom stereocenters. The van der Waals surface area contributed by atoms with Crippen LogP contribution in [0.1, 0.15) is 24.2 Å². The number of hydrogen-bond acceptors (Lipinski definition) is 11. The molecule has 1 heterocycles. The minimum atomic E-state index is -1.63. The van der Waals surface area contributed by atoms with Gasteiger partial charge >= 0.3 is 5.97 Å². The molecule has 168 valence electrons. The van der Waals surface area contributed by atoms with Gasteiger partial charge in [0.1, 0.15) is 35.9 Å². The van der Waals surface area contributed by atoms with Crippen LogP contribution in [0.25, 0.3) is 0 Å². The molecule has 1 fully saturated rings. The predicted molar refractivity (Wildman–Crippen MR) is 106 cm³/mol. The lowest BCUT2D eigenvalue weighted by Gasteiger charge is -2.40. The number of nitrogens with one attached hydrogen (secondary N) is 1. The Hall–Kier alpha value is -2.99. The van der Waals surface area contributed by atoms with Crippen molar-refractivity contribution in [2.24, 2.45) is 0 Å². The van der Waals surface area contributed by atoms with Crippen LogP contribution in [-0.2, 0) is 9.47 Å². The van der Waals surface area contributed by atoms with Gasteiger partial charge in [-0.25, -0.2) is 4.79 Å². The Kier molecular flexibility index (Phi) is 6.60. The van der Waals surface area contributed by atoms with Crippen molar-refractivity contribution in [1.29, 1.82) is 0 Å². The molecule has 2 aromatic carbocycles. The van der Waals surface area contributed by atoms with E-state index < -0.39 is 53.3 Å². The van der Waals surface area contributed by atoms with Gasteiger partial charge in [-0.15, -0.1) is 0 Å². The maximum atomic E-state index is 11.9. The number of aliphatic hydroxyl groups is 3. The molecule has 0 amide bonds. The quantitative estimate of drug-likeness (QED) is 0.262. The third-order valence-corrected chi connectivity index (χ3v) is 4.72. The molecule has 0 saturated carbocycles. The van der Waals surface area contributed by atoms with Gasteiger partial charge in [0.2, 0.25) is 6.29 Å². The molecule has 0 radical (unpaired) electrons. The molecule has 3 rings (SSSR count). The van der Waals surface area contributed by atoms with Crippen molar-refractivity contribution in [3.8, 4) is 11.5 Å². The fourth-order valence-corrected chi connectivity index (χ4v) is 3.01. The topological polar surface area (TPSA) is 172 Å². The molecule has 1 aliphatic heterocycles. The van der Waals surface area contributed by atoms with Crippen LogP contribution in [0.15, 0.2) is 33.9 Å². The summed E-state index contributed by atoms with van der Waals surface area (Å²) >= 11 is 0. The Balaban J connectivity index is 1.65. The highest BCUT2D eigenvalue weighted by Crippen LogP contribution is 2.25. The zero-order valence-corrected chi connectivity index (χ0v) is 16.7. The van der Waals surface area contributed by atoms with E-state index in [0.717, 1.165) is 0 Å². The fourth-order valence-electron chi connectivity index (χ4n) is 3.01. The van der Waals surface area contributed by atoms with Crippen LogP contribution >= 0.6 is 0 Å². The maximum absolute atomic E-state index is 11.9. The third-order valence-electron chi connectivity index (χ3n) is 4.72. The SMILES string of the molecule is CC(C)OC(=O)c1ccc(O[C@H]2OC(CNc3c(O)c(=O)c3=O)[C@@H](O)C(O)C2O)cc1. The molecule has 0 aromatic heterocycles. The van der Waals surface area contributed by atoms with Gasteiger partial charge in [0.05, 0.1) is 11.7 Å². The first-order valence-corrected chi connectivity index (χ1v) is 9.53. The van der Waals surface area contributed by atoms with Gasteiger partial charge in [-0.2, -0.15) is 0 Å². The van der Waals surface area contributed by atoms with Crippen molar-refractivity contribution in [2.45, 2.75) is 50.7 Å². The first-order valence-electron chi connectivity index (χ1n) is 9.53. The van der Waals surface area contributed by atoms with Crippen molar-refractivity contribution in [3.63, 3.8) is 0 Å². The van der Waals surface area contributed by atoms with Crippen LogP contribution in [0.5, 0.6) is 11.5 Å². The molecule has 1 aliphatic rings. The van der Waals surface area contributed by atoms with E-state index in [-0.39, 0.29) is 29.6 Å². The molecule has 1 saturated heterocycles. The van der Waals surface area contributed by atoms with E-state index in [1.54, 1.807) is 13.8 Å². The monoisotopic (exact) mass is 437 g/mol. The van der Waals surface area contributed by atoms with Crippen molar-refractivity contribution < 1.29 is 39.4 Å². The van der Waals surface area contributed by atoms with E-state index in [9.17, 15) is 34.8 Å². The summed E-state index contributed by atoms with van der Waals surface area (Å²) in [5.74, 6) is -1.03. The van der Waals surface area contributed by atoms with Crippen LogP contribution in [0.3, 0.4) is 0 Å². The molecule has 5 N–H and O–H groups in total. The summed E-state index contributed by atoms with van der Waals surface area (Å²) in [6, 6.07) is 5.79. The van der Waals surface area contributed by atoms with Gasteiger partial charge < -0.3 is 40.0 Å². The summed E-state index contributed by atoms with van der Waals surface area (Å²) in [4.78, 5) is 34.3. The number of hydrogen-bond donors (Lipinski definition) is 5. The molecule has 0 aliphatic carbocycles. The Morgan fingerprint density at radius 2 is 1.71 bits per heavy atom. The maximum Gasteiger partial charge on any atom is 0.338 e. The Morgan fingerprint density at radius 1 is 1.06 bits per heavy atom. The van der Waals surface area contributed by atoms with E-state index >= 15 is 0 Å². The van der Waals surface area contributed by atoms with Crippen molar-refractivity contribution in [2.75, 3.05) is 11.9 Å². The van der Waals surface area contributed by atoms with Gasteiger partial charge in [0.15, 0.2) is 5.75 Å². The molecule has 11 heteroatoms. The minimum Gasteiger partial charge on any atom is -0.502 e. The number of ether oxygens (including phenoxy) is 3. The molecule has 0 spiro atoms. The number of rotatable bonds is 7. The lowest BCUT2D eigenvalue weighted by Crippen LogP contribution is -2.60. The molecule has 31 heavy (non-hydrogen) atoms. The second-order valence-corrected chi connectivity index (χ2v) is 7.37. The van der Waals surface area contributed by atoms with Crippen molar-refractivity contribution >= 4 is 11.7 Å². The largest absolute Gasteiger partial charge is 0.502 e. The lowest BCUT2D eigenvalue weighted by molar-refractivity contribution is -0.269. The zero-order valence-electron chi connectivity index (χ0n) is 16.7. The Morgan fingerprint density at radius 3 is 2.29 bits per heavy atom. The van der Waals surface area contributed by atoms with Gasteiger partial charge in [-0.1, -0.05) is 0 Å². The number of anilines is 1. The Bertz CT molecular complexity index is 995. The van der Waals surface area contributed by atoms with Crippen LogP contribution in [-0.4, -0.2) is 69.8 Å². The fraction of sp³-hybridized carbons (Fsp3) is 0.450. The number of esters is 1. The van der Waals surface area contributed by atoms with E-state index in [4.69, 9.17) is 14.2 Å². The van der Waals surface area contributed by atoms with Crippen LogP contribution < -0.4 is 20.9 Å². The van der Waals surface area contributed by atoms with E-state index in [1.165, 1.54) is 24.3 Å². The second-order valence-electron chi connectivity index (χ2n) is 7.37. The first-order chi connectivity index (χ1) is 14.6. The Labute approximate surface area is 176 Å². The number of aliphatic hydroxyl groups excluding tert-OH is 3. The lowest BCUT2D eigenvalue weighted by atomic mass is 9.98. The van der Waals surface area contributed by atoms with Crippen LogP contribution in [0, 0.1) is 0 Å². The second kappa shape index (κ2) is 9.02. The van der Waals surface area contributed by atoms with Gasteiger partial charge in [0, 0.05) is 6.54 Å². The highest BCUT2D eigenvalue weighted by atomic mass is 16.7. The summed E-state index contributed by atoms with van der Waals surface area (Å²) < 4.78 is 16.1. The summed E-state index contributed by atoms with van der Waals surface area (Å²) in [5, 5.41) is 42.3. The summed E-state index contributed by atoms with van der Waals surface area (Å²) in [6.07, 6.45) is -7.58. The minimum absolute atomic E-state index is 0.209. The average Bonchev–Trinajstić information content (AvgIpc) is 2.74.